The van der Waals surface area contributed by atoms with Gasteiger partial charge in [0.25, 0.3) is 0 Å². The fraction of sp³-hybridized carbons (Fsp3) is 0.867. The summed E-state index contributed by atoms with van der Waals surface area (Å²) >= 11 is 0. The highest BCUT2D eigenvalue weighted by Crippen LogP contribution is 2.24. The topological polar surface area (TPSA) is 84.2 Å². The van der Waals surface area contributed by atoms with E-state index < -0.39 is 0 Å². The fourth-order valence-electron chi connectivity index (χ4n) is 3.38. The zero-order valence-corrected chi connectivity index (χ0v) is 12.2. The van der Waals surface area contributed by atoms with Crippen LogP contribution < -0.4 is 16.4 Å². The molecule has 0 aromatic carbocycles. The Bertz CT molecular complexity index is 340. The molecule has 2 aliphatic rings. The Kier molecular flexibility index (Phi) is 5.83. The lowest BCUT2D eigenvalue weighted by atomic mass is 9.85. The molecule has 0 bridgehead atoms. The highest BCUT2D eigenvalue weighted by Gasteiger charge is 2.26. The summed E-state index contributed by atoms with van der Waals surface area (Å²) in [5.74, 6) is 0.544. The van der Waals surface area contributed by atoms with Gasteiger partial charge in [0.05, 0.1) is 0 Å². The van der Waals surface area contributed by atoms with Crippen LogP contribution in [0.15, 0.2) is 0 Å². The van der Waals surface area contributed by atoms with Crippen molar-refractivity contribution in [3.63, 3.8) is 0 Å². The van der Waals surface area contributed by atoms with E-state index in [0.717, 1.165) is 38.8 Å². The van der Waals surface area contributed by atoms with Gasteiger partial charge in [-0.3, -0.25) is 9.59 Å². The molecule has 0 aromatic rings. The molecule has 1 aliphatic heterocycles. The van der Waals surface area contributed by atoms with Crippen LogP contribution in [0.1, 0.15) is 51.4 Å². The third kappa shape index (κ3) is 4.78. The summed E-state index contributed by atoms with van der Waals surface area (Å²) in [6.07, 6.45) is 7.50. The zero-order chi connectivity index (χ0) is 14.4. The molecule has 2 rings (SSSR count). The van der Waals surface area contributed by atoms with Gasteiger partial charge in [-0.25, -0.2) is 0 Å². The Labute approximate surface area is 121 Å². The van der Waals surface area contributed by atoms with Gasteiger partial charge in [-0.15, -0.1) is 0 Å². The smallest absolute Gasteiger partial charge is 0.220 e. The van der Waals surface area contributed by atoms with Crippen molar-refractivity contribution in [1.29, 1.82) is 0 Å². The summed E-state index contributed by atoms with van der Waals surface area (Å²) in [5.41, 5.74) is 5.36. The Morgan fingerprint density at radius 3 is 2.60 bits per heavy atom. The van der Waals surface area contributed by atoms with E-state index >= 15 is 0 Å². The van der Waals surface area contributed by atoms with Gasteiger partial charge in [0.2, 0.25) is 11.8 Å². The summed E-state index contributed by atoms with van der Waals surface area (Å²) in [4.78, 5) is 23.2. The predicted octanol–water partition coefficient (Wildman–Crippen LogP) is 0.926. The van der Waals surface area contributed by atoms with Gasteiger partial charge in [0, 0.05) is 18.4 Å². The molecule has 0 spiro atoms. The molecule has 2 amide bonds. The molecule has 2 unspecified atom stereocenters. The minimum absolute atomic E-state index is 0.0570. The average molecular weight is 281 g/mol. The van der Waals surface area contributed by atoms with Crippen molar-refractivity contribution in [2.75, 3.05) is 13.1 Å². The summed E-state index contributed by atoms with van der Waals surface area (Å²) in [6.45, 7) is 2.16. The van der Waals surface area contributed by atoms with Crippen molar-refractivity contribution in [2.45, 2.75) is 57.4 Å². The second kappa shape index (κ2) is 7.62. The van der Waals surface area contributed by atoms with Crippen molar-refractivity contribution < 1.29 is 9.59 Å². The Balaban J connectivity index is 1.66. The maximum atomic E-state index is 12.0. The third-order valence-corrected chi connectivity index (χ3v) is 4.68. The van der Waals surface area contributed by atoms with E-state index in [-0.39, 0.29) is 23.8 Å². The van der Waals surface area contributed by atoms with Crippen LogP contribution >= 0.6 is 0 Å². The quantitative estimate of drug-likeness (QED) is 0.701. The van der Waals surface area contributed by atoms with Crippen LogP contribution in [0.5, 0.6) is 0 Å². The first-order valence-corrected chi connectivity index (χ1v) is 7.94. The Morgan fingerprint density at radius 1 is 1.15 bits per heavy atom. The Hall–Kier alpha value is -1.10. The molecule has 5 nitrogen and oxygen atoms in total. The molecule has 4 N–H and O–H groups in total. The zero-order valence-electron chi connectivity index (χ0n) is 12.2. The minimum Gasteiger partial charge on any atom is -0.369 e. The summed E-state index contributed by atoms with van der Waals surface area (Å²) in [7, 11) is 0. The van der Waals surface area contributed by atoms with E-state index in [1.165, 1.54) is 12.8 Å². The SMILES string of the molecule is NC(=O)C1CCCC(NC(=O)CCC2CCNCC2)C1. The van der Waals surface area contributed by atoms with Crippen LogP contribution in [0.2, 0.25) is 0 Å². The van der Waals surface area contributed by atoms with Crippen LogP contribution in [0.25, 0.3) is 0 Å². The number of hydrogen-bond acceptors (Lipinski definition) is 3. The average Bonchev–Trinajstić information content (AvgIpc) is 2.46. The lowest BCUT2D eigenvalue weighted by Gasteiger charge is -2.28. The molecule has 5 heteroatoms. The summed E-state index contributed by atoms with van der Waals surface area (Å²) in [5, 5.41) is 6.42. The highest BCUT2D eigenvalue weighted by atomic mass is 16.2. The number of piperidine rings is 1. The number of nitrogens with one attached hydrogen (secondary N) is 2. The van der Waals surface area contributed by atoms with E-state index in [4.69, 9.17) is 5.73 Å². The molecule has 1 saturated heterocycles. The molecule has 0 aromatic heterocycles. The Morgan fingerprint density at radius 2 is 1.90 bits per heavy atom. The number of amides is 2. The van der Waals surface area contributed by atoms with E-state index in [0.29, 0.717) is 18.8 Å². The number of carbonyl (C=O) groups excluding carboxylic acids is 2. The maximum Gasteiger partial charge on any atom is 0.220 e. The molecule has 114 valence electrons. The number of hydrogen-bond donors (Lipinski definition) is 3. The summed E-state index contributed by atoms with van der Waals surface area (Å²) in [6, 6.07) is 0.141. The number of rotatable bonds is 5. The van der Waals surface area contributed by atoms with Crippen molar-refractivity contribution in [3.8, 4) is 0 Å². The lowest BCUT2D eigenvalue weighted by molar-refractivity contribution is -0.125. The second-order valence-electron chi connectivity index (χ2n) is 6.26. The van der Waals surface area contributed by atoms with Gasteiger partial charge in [-0.2, -0.15) is 0 Å². The van der Waals surface area contributed by atoms with E-state index in [2.05, 4.69) is 10.6 Å². The van der Waals surface area contributed by atoms with Crippen molar-refractivity contribution in [2.24, 2.45) is 17.6 Å². The molecule has 20 heavy (non-hydrogen) atoms. The predicted molar refractivity (Wildman–Crippen MR) is 77.9 cm³/mol. The molecule has 2 atom stereocenters. The lowest BCUT2D eigenvalue weighted by Crippen LogP contribution is -2.41. The van der Waals surface area contributed by atoms with Gasteiger partial charge in [0.1, 0.15) is 0 Å². The van der Waals surface area contributed by atoms with Gasteiger partial charge < -0.3 is 16.4 Å². The molecular weight excluding hydrogens is 254 g/mol. The first kappa shape index (κ1) is 15.3. The van der Waals surface area contributed by atoms with Gasteiger partial charge in [0.15, 0.2) is 0 Å². The van der Waals surface area contributed by atoms with Crippen LogP contribution in [-0.4, -0.2) is 30.9 Å². The van der Waals surface area contributed by atoms with Crippen LogP contribution in [0, 0.1) is 11.8 Å². The van der Waals surface area contributed by atoms with Crippen LogP contribution in [0.4, 0.5) is 0 Å². The first-order chi connectivity index (χ1) is 9.65. The van der Waals surface area contributed by atoms with Crippen molar-refractivity contribution in [1.82, 2.24) is 10.6 Å². The van der Waals surface area contributed by atoms with Crippen molar-refractivity contribution >= 4 is 11.8 Å². The molecule has 1 heterocycles. The van der Waals surface area contributed by atoms with Crippen LogP contribution in [-0.2, 0) is 9.59 Å². The molecular formula is C15H27N3O2. The normalized spacial score (nSPS) is 28.0. The first-order valence-electron chi connectivity index (χ1n) is 7.94. The fourth-order valence-corrected chi connectivity index (χ4v) is 3.38. The minimum atomic E-state index is -0.223. The third-order valence-electron chi connectivity index (χ3n) is 4.68. The van der Waals surface area contributed by atoms with E-state index in [1.54, 1.807) is 0 Å². The van der Waals surface area contributed by atoms with Gasteiger partial charge in [-0.05, 0) is 57.5 Å². The molecule has 1 saturated carbocycles. The summed E-state index contributed by atoms with van der Waals surface area (Å²) < 4.78 is 0. The largest absolute Gasteiger partial charge is 0.369 e. The molecule has 2 fully saturated rings. The van der Waals surface area contributed by atoms with E-state index in [9.17, 15) is 9.59 Å². The number of carbonyl (C=O) groups is 2. The highest BCUT2D eigenvalue weighted by molar-refractivity contribution is 5.78. The van der Waals surface area contributed by atoms with Crippen LogP contribution in [0.3, 0.4) is 0 Å². The maximum absolute atomic E-state index is 12.0. The van der Waals surface area contributed by atoms with Crippen molar-refractivity contribution in [3.05, 3.63) is 0 Å². The number of primary amides is 1. The second-order valence-corrected chi connectivity index (χ2v) is 6.26. The van der Waals surface area contributed by atoms with E-state index in [1.807, 2.05) is 0 Å². The number of nitrogens with two attached hydrogens (primary N) is 1. The molecule has 1 aliphatic carbocycles. The van der Waals surface area contributed by atoms with Gasteiger partial charge >= 0.3 is 0 Å². The van der Waals surface area contributed by atoms with Gasteiger partial charge in [-0.1, -0.05) is 6.42 Å². The molecule has 0 radical (unpaired) electrons. The standard InChI is InChI=1S/C15H27N3O2/c16-15(20)12-2-1-3-13(10-12)18-14(19)5-4-11-6-8-17-9-7-11/h11-13,17H,1-10H2,(H2,16,20)(H,18,19). The monoisotopic (exact) mass is 281 g/mol.